The molecule has 10 nitrogen and oxygen atoms in total. The Hall–Kier alpha value is -5.72. The van der Waals surface area contributed by atoms with Gasteiger partial charge in [0.2, 0.25) is 17.6 Å². The summed E-state index contributed by atoms with van der Waals surface area (Å²) in [5.74, 6) is -2.06. The Balaban J connectivity index is 1.22. The van der Waals surface area contributed by atoms with Crippen molar-refractivity contribution < 1.29 is 41.9 Å². The molecule has 1 aromatic heterocycles. The normalized spacial score (nSPS) is 14.3. The third-order valence-electron chi connectivity index (χ3n) is 7.66. The third-order valence-corrected chi connectivity index (χ3v) is 7.66. The summed E-state index contributed by atoms with van der Waals surface area (Å²) in [6, 6.07) is 17.2. The van der Waals surface area contributed by atoms with Crippen molar-refractivity contribution in [2.45, 2.75) is 38.4 Å². The zero-order valence-electron chi connectivity index (χ0n) is 26.0. The number of aromatic nitrogens is 2. The number of ether oxygens (including phenoxy) is 1. The highest BCUT2D eigenvalue weighted by Gasteiger charge is 2.34. The summed E-state index contributed by atoms with van der Waals surface area (Å²) in [7, 11) is 1.24. The first-order valence-electron chi connectivity index (χ1n) is 14.8. The molecule has 248 valence electrons. The number of halogens is 3. The molecule has 0 aliphatic heterocycles. The quantitative estimate of drug-likeness (QED) is 0.188. The van der Waals surface area contributed by atoms with Crippen molar-refractivity contribution in [3.8, 4) is 5.75 Å². The van der Waals surface area contributed by atoms with Crippen LogP contribution in [0.5, 0.6) is 5.75 Å². The molecule has 1 unspecified atom stereocenters. The fourth-order valence-corrected chi connectivity index (χ4v) is 5.17. The molecule has 0 bridgehead atoms. The number of anilines is 1. The van der Waals surface area contributed by atoms with Gasteiger partial charge < -0.3 is 24.6 Å². The Morgan fingerprint density at radius 3 is 2.42 bits per heavy atom. The number of methoxy groups -OCH3 is 1. The second-order valence-corrected chi connectivity index (χ2v) is 11.2. The molecule has 0 spiro atoms. The van der Waals surface area contributed by atoms with Crippen LogP contribution in [0.2, 0.25) is 0 Å². The van der Waals surface area contributed by atoms with Crippen LogP contribution in [0.15, 0.2) is 89.5 Å². The van der Waals surface area contributed by atoms with Crippen LogP contribution >= 0.6 is 0 Å². The minimum atomic E-state index is -4.69. The Morgan fingerprint density at radius 1 is 1.06 bits per heavy atom. The van der Waals surface area contributed by atoms with Gasteiger partial charge in [0.25, 0.3) is 5.91 Å². The highest BCUT2D eigenvalue weighted by atomic mass is 19.4. The van der Waals surface area contributed by atoms with E-state index >= 15 is 0 Å². The Kier molecular flexibility index (Phi) is 10.1. The number of hydrogen-bond donors (Lipinski definition) is 2. The molecule has 1 aliphatic carbocycles. The van der Waals surface area contributed by atoms with Gasteiger partial charge in [-0.1, -0.05) is 59.3 Å². The Bertz CT molecular complexity index is 1860. The molecule has 0 fully saturated rings. The van der Waals surface area contributed by atoms with Gasteiger partial charge in [-0.25, -0.2) is 0 Å². The fourth-order valence-electron chi connectivity index (χ4n) is 5.17. The molecule has 3 aromatic carbocycles. The second-order valence-electron chi connectivity index (χ2n) is 11.2. The number of amides is 2. The first-order chi connectivity index (χ1) is 22.9. The molecule has 0 saturated carbocycles. The van der Waals surface area contributed by atoms with Crippen LogP contribution in [-0.4, -0.2) is 51.6 Å². The molecule has 48 heavy (non-hydrogen) atoms. The summed E-state index contributed by atoms with van der Waals surface area (Å²) < 4.78 is 50.8. The molecule has 0 saturated heterocycles. The van der Waals surface area contributed by atoms with Crippen LogP contribution in [-0.2, 0) is 28.7 Å². The molecule has 1 aliphatic rings. The molecular weight excluding hydrogens is 629 g/mol. The summed E-state index contributed by atoms with van der Waals surface area (Å²) in [4.78, 5) is 42.9. The maximum atomic E-state index is 13.5. The molecule has 2 N–H and O–H groups in total. The SMILES string of the molecule is COc1ccc(CC(=O)Nc2ccc(C(=O)N(CC(=O)O)Cc3nc(C4=CCC(c5ccc(C)cc5)C=C4)no3)cc2)c(C(F)(F)F)c1. The summed E-state index contributed by atoms with van der Waals surface area (Å²) in [6.45, 7) is 1.10. The molecule has 1 atom stereocenters. The number of aryl methyl sites for hydroxylation is 1. The molecule has 2 amide bonds. The first kappa shape index (κ1) is 33.6. The van der Waals surface area contributed by atoms with E-state index in [0.29, 0.717) is 5.82 Å². The van der Waals surface area contributed by atoms with Gasteiger partial charge in [0.05, 0.1) is 19.1 Å². The van der Waals surface area contributed by atoms with Gasteiger partial charge >= 0.3 is 12.1 Å². The van der Waals surface area contributed by atoms with Gasteiger partial charge in [-0.15, -0.1) is 0 Å². The topological polar surface area (TPSA) is 135 Å². The summed E-state index contributed by atoms with van der Waals surface area (Å²) in [6.07, 6.45) is 1.43. The minimum Gasteiger partial charge on any atom is -0.497 e. The van der Waals surface area contributed by atoms with E-state index < -0.39 is 42.5 Å². The number of carboxylic acids is 1. The number of carboxylic acid groups (broad SMARTS) is 1. The smallest absolute Gasteiger partial charge is 0.416 e. The summed E-state index contributed by atoms with van der Waals surface area (Å²) in [5, 5.41) is 16.0. The number of hydrogen-bond acceptors (Lipinski definition) is 7. The van der Waals surface area contributed by atoms with Crippen molar-refractivity contribution in [3.63, 3.8) is 0 Å². The van der Waals surface area contributed by atoms with Crippen molar-refractivity contribution in [3.05, 3.63) is 124 Å². The molecular formula is C35H31F3N4O6. The lowest BCUT2D eigenvalue weighted by atomic mass is 9.89. The van der Waals surface area contributed by atoms with Crippen LogP contribution in [0.3, 0.4) is 0 Å². The van der Waals surface area contributed by atoms with Crippen LogP contribution in [0.4, 0.5) is 18.9 Å². The highest BCUT2D eigenvalue weighted by molar-refractivity contribution is 5.97. The summed E-state index contributed by atoms with van der Waals surface area (Å²) in [5.41, 5.74) is 2.22. The van der Waals surface area contributed by atoms with E-state index in [9.17, 15) is 32.7 Å². The number of carbonyl (C=O) groups is 3. The van der Waals surface area contributed by atoms with Gasteiger partial charge in [0.15, 0.2) is 0 Å². The van der Waals surface area contributed by atoms with E-state index in [1.54, 1.807) is 0 Å². The number of aliphatic carboxylic acids is 1. The maximum Gasteiger partial charge on any atom is 0.416 e. The largest absolute Gasteiger partial charge is 0.497 e. The fraction of sp³-hybridized carbons (Fsp3) is 0.229. The van der Waals surface area contributed by atoms with E-state index in [-0.39, 0.29) is 40.9 Å². The number of benzene rings is 3. The number of nitrogens with zero attached hydrogens (tertiary/aromatic N) is 3. The Labute approximate surface area is 273 Å². The van der Waals surface area contributed by atoms with E-state index in [1.165, 1.54) is 54.6 Å². The van der Waals surface area contributed by atoms with E-state index in [4.69, 9.17) is 9.26 Å². The standard InChI is InChI=1S/C35H31F3N4O6/c1-21-3-5-22(6-4-21)23-7-9-24(10-8-23)33-40-31(48-41-33)19-42(20-32(44)45)34(46)25-11-14-27(15-12-25)39-30(43)17-26-13-16-28(47-2)18-29(26)35(36,37)38/h3-7,9-16,18,23H,8,17,19-20H2,1-2H3,(H,39,43)(H,44,45). The number of rotatable bonds is 11. The monoisotopic (exact) mass is 660 g/mol. The lowest BCUT2D eigenvalue weighted by Crippen LogP contribution is -2.35. The van der Waals surface area contributed by atoms with E-state index in [1.807, 2.05) is 19.1 Å². The van der Waals surface area contributed by atoms with Gasteiger partial charge in [0.1, 0.15) is 18.8 Å². The number of alkyl halides is 3. The van der Waals surface area contributed by atoms with Gasteiger partial charge in [0, 0.05) is 22.7 Å². The van der Waals surface area contributed by atoms with Crippen molar-refractivity contribution in [2.24, 2.45) is 0 Å². The van der Waals surface area contributed by atoms with Crippen LogP contribution in [0.1, 0.15) is 56.7 Å². The minimum absolute atomic E-state index is 0.00856. The van der Waals surface area contributed by atoms with E-state index in [2.05, 4.69) is 45.8 Å². The van der Waals surface area contributed by atoms with Gasteiger partial charge in [-0.05, 0) is 60.9 Å². The molecule has 4 aromatic rings. The molecule has 0 radical (unpaired) electrons. The van der Waals surface area contributed by atoms with Gasteiger partial charge in [-0.3, -0.25) is 14.4 Å². The predicted octanol–water partition coefficient (Wildman–Crippen LogP) is 6.44. The van der Waals surface area contributed by atoms with Crippen molar-refractivity contribution in [1.82, 2.24) is 15.0 Å². The molecule has 5 rings (SSSR count). The number of nitrogens with one attached hydrogen (secondary N) is 1. The van der Waals surface area contributed by atoms with Crippen LogP contribution in [0, 0.1) is 6.92 Å². The second kappa shape index (κ2) is 14.4. The average molecular weight is 661 g/mol. The van der Waals surface area contributed by atoms with Crippen molar-refractivity contribution in [2.75, 3.05) is 19.0 Å². The van der Waals surface area contributed by atoms with E-state index in [0.717, 1.165) is 23.0 Å². The van der Waals surface area contributed by atoms with Crippen molar-refractivity contribution in [1.29, 1.82) is 0 Å². The number of allylic oxidation sites excluding steroid dienone is 4. The molecule has 1 heterocycles. The van der Waals surface area contributed by atoms with Gasteiger partial charge in [-0.2, -0.15) is 18.2 Å². The first-order valence-corrected chi connectivity index (χ1v) is 14.8. The Morgan fingerprint density at radius 2 is 1.79 bits per heavy atom. The average Bonchev–Trinajstić information content (AvgIpc) is 3.53. The number of carbonyl (C=O) groups excluding carboxylic acids is 2. The van der Waals surface area contributed by atoms with Crippen LogP contribution in [0.25, 0.3) is 5.57 Å². The zero-order valence-corrected chi connectivity index (χ0v) is 26.0. The molecule has 13 heteroatoms. The van der Waals surface area contributed by atoms with Crippen LogP contribution < -0.4 is 10.1 Å². The lowest BCUT2D eigenvalue weighted by molar-refractivity contribution is -0.139. The predicted molar refractivity (Wildman–Crippen MR) is 169 cm³/mol. The van der Waals surface area contributed by atoms with Crippen molar-refractivity contribution >= 4 is 29.0 Å². The third kappa shape index (κ3) is 8.35. The lowest BCUT2D eigenvalue weighted by Gasteiger charge is -2.19. The highest BCUT2D eigenvalue weighted by Crippen LogP contribution is 2.35. The maximum absolute atomic E-state index is 13.5. The summed E-state index contributed by atoms with van der Waals surface area (Å²) >= 11 is 0. The zero-order chi connectivity index (χ0) is 34.4.